The molecule has 0 spiro atoms. The Morgan fingerprint density at radius 1 is 1.08 bits per heavy atom. The summed E-state index contributed by atoms with van der Waals surface area (Å²) >= 11 is 0. The van der Waals surface area contributed by atoms with Crippen molar-refractivity contribution in [2.75, 3.05) is 0 Å². The summed E-state index contributed by atoms with van der Waals surface area (Å²) in [5.74, 6) is 0. The maximum Gasteiger partial charge on any atom is 0.488 e. The molecule has 0 fully saturated rings. The second-order valence-corrected chi connectivity index (χ2v) is 2.23. The van der Waals surface area contributed by atoms with E-state index in [-0.39, 0.29) is 0 Å². The number of hydrogen-bond donors (Lipinski definition) is 2. The first kappa shape index (κ1) is 11.2. The van der Waals surface area contributed by atoms with Gasteiger partial charge in [0.1, 0.15) is 0 Å². The summed E-state index contributed by atoms with van der Waals surface area (Å²) in [6, 6.07) is 7.18. The van der Waals surface area contributed by atoms with Crippen molar-refractivity contribution in [2.45, 2.75) is 20.8 Å². The van der Waals surface area contributed by atoms with Gasteiger partial charge in [-0.05, 0) is 12.4 Å². The lowest BCUT2D eigenvalue weighted by molar-refractivity contribution is 0.425. The highest BCUT2D eigenvalue weighted by molar-refractivity contribution is 6.59. The number of hydrogen-bond acceptors (Lipinski definition) is 2. The molecule has 0 bridgehead atoms. The lowest BCUT2D eigenvalue weighted by atomic mass is 9.77. The third-order valence-corrected chi connectivity index (χ3v) is 1.47. The molecule has 0 atom stereocenters. The third-order valence-electron chi connectivity index (χ3n) is 1.47. The molecule has 1 aromatic carbocycles. The molecule has 66 valence electrons. The molecule has 0 amide bonds. The molecule has 0 aliphatic rings. The van der Waals surface area contributed by atoms with Gasteiger partial charge in [-0.1, -0.05) is 43.7 Å². The predicted molar refractivity (Wildman–Crippen MR) is 52.4 cm³/mol. The van der Waals surface area contributed by atoms with Gasteiger partial charge < -0.3 is 10.0 Å². The van der Waals surface area contributed by atoms with Crippen LogP contribution in [0.15, 0.2) is 24.3 Å². The van der Waals surface area contributed by atoms with Crippen LogP contribution in [0.1, 0.15) is 19.4 Å². The van der Waals surface area contributed by atoms with Crippen LogP contribution >= 0.6 is 0 Å². The van der Waals surface area contributed by atoms with Gasteiger partial charge >= 0.3 is 7.12 Å². The lowest BCUT2D eigenvalue weighted by Crippen LogP contribution is -2.31. The minimum absolute atomic E-state index is 0.572. The van der Waals surface area contributed by atoms with E-state index in [9.17, 15) is 0 Å². The molecule has 0 saturated heterocycles. The van der Waals surface area contributed by atoms with Gasteiger partial charge in [0.2, 0.25) is 0 Å². The summed E-state index contributed by atoms with van der Waals surface area (Å²) in [6.45, 7) is 5.84. The molecule has 3 heteroatoms. The molecule has 1 aromatic rings. The van der Waals surface area contributed by atoms with Crippen molar-refractivity contribution in [3.63, 3.8) is 0 Å². The van der Waals surface area contributed by atoms with E-state index in [1.54, 1.807) is 12.1 Å². The zero-order chi connectivity index (χ0) is 9.56. The van der Waals surface area contributed by atoms with Crippen molar-refractivity contribution in [3.8, 4) is 0 Å². The van der Waals surface area contributed by atoms with E-state index in [0.717, 1.165) is 5.56 Å². The minimum Gasteiger partial charge on any atom is -0.423 e. The fraction of sp³-hybridized carbons (Fsp3) is 0.333. The smallest absolute Gasteiger partial charge is 0.423 e. The molecule has 0 heterocycles. The SMILES string of the molecule is CC.Cc1ccccc1B(O)O. The van der Waals surface area contributed by atoms with Crippen molar-refractivity contribution in [3.05, 3.63) is 29.8 Å². The van der Waals surface area contributed by atoms with E-state index in [0.29, 0.717) is 5.46 Å². The van der Waals surface area contributed by atoms with E-state index in [1.165, 1.54) is 0 Å². The summed E-state index contributed by atoms with van der Waals surface area (Å²) in [4.78, 5) is 0. The molecule has 0 aromatic heterocycles. The van der Waals surface area contributed by atoms with Crippen LogP contribution in [-0.4, -0.2) is 17.2 Å². The summed E-state index contributed by atoms with van der Waals surface area (Å²) in [5, 5.41) is 17.5. The van der Waals surface area contributed by atoms with Crippen LogP contribution in [0.25, 0.3) is 0 Å². The first-order valence-corrected chi connectivity index (χ1v) is 4.13. The standard InChI is InChI=1S/C7H9BO2.C2H6/c1-6-4-2-3-5-7(6)8(9)10;1-2/h2-5,9-10H,1H3;1-2H3. The molecule has 1 rings (SSSR count). The first-order valence-electron chi connectivity index (χ1n) is 4.13. The Morgan fingerprint density at radius 3 is 1.92 bits per heavy atom. The molecule has 0 unspecified atom stereocenters. The number of benzene rings is 1. The quantitative estimate of drug-likeness (QED) is 0.603. The van der Waals surface area contributed by atoms with Crippen molar-refractivity contribution in [1.82, 2.24) is 0 Å². The largest absolute Gasteiger partial charge is 0.488 e. The highest BCUT2D eigenvalue weighted by Gasteiger charge is 2.11. The Balaban J connectivity index is 0.000000561. The third kappa shape index (κ3) is 3.07. The molecule has 0 saturated carbocycles. The zero-order valence-electron chi connectivity index (χ0n) is 7.78. The summed E-state index contributed by atoms with van der Waals surface area (Å²) in [5.41, 5.74) is 1.47. The summed E-state index contributed by atoms with van der Waals surface area (Å²) in [6.07, 6.45) is 0. The Bertz CT molecular complexity index is 224. The number of rotatable bonds is 1. The monoisotopic (exact) mass is 166 g/mol. The fourth-order valence-corrected chi connectivity index (χ4v) is 0.876. The van der Waals surface area contributed by atoms with Crippen LogP contribution in [0, 0.1) is 6.92 Å². The van der Waals surface area contributed by atoms with Crippen molar-refractivity contribution in [1.29, 1.82) is 0 Å². The van der Waals surface area contributed by atoms with E-state index in [2.05, 4.69) is 0 Å². The molecule has 2 nitrogen and oxygen atoms in total. The van der Waals surface area contributed by atoms with Crippen molar-refractivity contribution < 1.29 is 10.0 Å². The maximum absolute atomic E-state index is 8.76. The highest BCUT2D eigenvalue weighted by atomic mass is 16.4. The van der Waals surface area contributed by atoms with Crippen LogP contribution in [-0.2, 0) is 0 Å². The Hall–Kier alpha value is -0.795. The Labute approximate surface area is 74.0 Å². The normalized spacial score (nSPS) is 8.42. The van der Waals surface area contributed by atoms with Crippen LogP contribution in [0.2, 0.25) is 0 Å². The topological polar surface area (TPSA) is 40.5 Å². The summed E-state index contributed by atoms with van der Waals surface area (Å²) < 4.78 is 0. The van der Waals surface area contributed by atoms with Gasteiger partial charge in [-0.25, -0.2) is 0 Å². The molecular formula is C9H15BO2. The van der Waals surface area contributed by atoms with Crippen LogP contribution < -0.4 is 5.46 Å². The fourth-order valence-electron chi connectivity index (χ4n) is 0.876. The Morgan fingerprint density at radius 2 is 1.58 bits per heavy atom. The van der Waals surface area contributed by atoms with Crippen molar-refractivity contribution >= 4 is 12.6 Å². The van der Waals surface area contributed by atoms with Crippen LogP contribution in [0.4, 0.5) is 0 Å². The van der Waals surface area contributed by atoms with Crippen LogP contribution in [0.3, 0.4) is 0 Å². The minimum atomic E-state index is -1.35. The van der Waals surface area contributed by atoms with Crippen LogP contribution in [0.5, 0.6) is 0 Å². The molecular weight excluding hydrogens is 151 g/mol. The average Bonchev–Trinajstić information content (AvgIpc) is 2.08. The van der Waals surface area contributed by atoms with Gasteiger partial charge in [-0.2, -0.15) is 0 Å². The van der Waals surface area contributed by atoms with E-state index >= 15 is 0 Å². The molecule has 2 N–H and O–H groups in total. The predicted octanol–water partition coefficient (Wildman–Crippen LogP) is 0.701. The maximum atomic E-state index is 8.76. The second-order valence-electron chi connectivity index (χ2n) is 2.23. The number of aryl methyl sites for hydroxylation is 1. The van der Waals surface area contributed by atoms with Gasteiger partial charge in [0.15, 0.2) is 0 Å². The average molecular weight is 166 g/mol. The van der Waals surface area contributed by atoms with E-state index < -0.39 is 7.12 Å². The van der Waals surface area contributed by atoms with Gasteiger partial charge in [0.25, 0.3) is 0 Å². The second kappa shape index (κ2) is 5.80. The molecule has 12 heavy (non-hydrogen) atoms. The Kier molecular flexibility index (Phi) is 5.42. The summed E-state index contributed by atoms with van der Waals surface area (Å²) in [7, 11) is -1.35. The zero-order valence-corrected chi connectivity index (χ0v) is 7.78. The van der Waals surface area contributed by atoms with Gasteiger partial charge in [-0.15, -0.1) is 0 Å². The molecule has 0 aliphatic heterocycles. The van der Waals surface area contributed by atoms with Crippen molar-refractivity contribution in [2.24, 2.45) is 0 Å². The molecule has 0 aliphatic carbocycles. The van der Waals surface area contributed by atoms with E-state index in [1.807, 2.05) is 32.9 Å². The lowest BCUT2D eigenvalue weighted by Gasteiger charge is -2.01. The molecule has 0 radical (unpaired) electrons. The van der Waals surface area contributed by atoms with Gasteiger partial charge in [0.05, 0.1) is 0 Å². The van der Waals surface area contributed by atoms with Gasteiger partial charge in [0, 0.05) is 0 Å². The van der Waals surface area contributed by atoms with Gasteiger partial charge in [-0.3, -0.25) is 0 Å². The van der Waals surface area contributed by atoms with E-state index in [4.69, 9.17) is 10.0 Å². The highest BCUT2D eigenvalue weighted by Crippen LogP contribution is 1.92. The first-order chi connectivity index (χ1) is 5.72.